The Balaban J connectivity index is 0.000000103. The van der Waals surface area contributed by atoms with Gasteiger partial charge in [-0.3, -0.25) is 0 Å². The molecule has 600 valence electrons. The van der Waals surface area contributed by atoms with Crippen LogP contribution in [0.2, 0.25) is 0 Å². The summed E-state index contributed by atoms with van der Waals surface area (Å²) in [5.74, 6) is 0. The second-order valence-corrected chi connectivity index (χ2v) is 44.4. The maximum atomic E-state index is 15.3. The molecular weight excluding hydrogens is 1590 g/mol. The Hall–Kier alpha value is -14.0. The summed E-state index contributed by atoms with van der Waals surface area (Å²) in [4.78, 5) is 0. The van der Waals surface area contributed by atoms with Crippen molar-refractivity contribution in [2.75, 3.05) is 0 Å². The molecule has 3 aliphatic carbocycles. The lowest BCUT2D eigenvalue weighted by atomic mass is 9.82. The average Bonchev–Trinajstić information content (AvgIpc) is 1.55. The number of hydrogen-bond acceptors (Lipinski definition) is 3. The van der Waals surface area contributed by atoms with E-state index in [-0.39, 0.29) is 16.2 Å². The van der Waals surface area contributed by atoms with Gasteiger partial charge >= 0.3 is 0 Å². The standard InChI is InChI=1S/3C39H28NOP/c1-39(2)31-18-9-6-17-28(31)38-32(39)19-12-21-34(38)40-33-20-10-7-15-26(33)29-24-37-30(23-35(29)40)27-16-8-11-22-36(27)42(37,41)25-13-4-3-5-14-25;1-39(2)33-17-9-6-14-27(33)28-21-20-25(22-34(28)39)40-35-18-10-7-15-29(35)31-24-38-32(23-36(31)40)30-16-8-11-19-37(30)42(38,41)26-12-4-3-5-13-26;1-39(2)33-17-9-6-14-27(33)30-22-25(20-21-34(30)39)40-35-18-10-7-15-28(35)31-24-38-32(23-36(31)40)29-16-8-11-19-37(29)42(38,41)26-12-4-3-5-13-26/h3*3-24H,1-2H3. The molecule has 0 amide bonds. The van der Waals surface area contributed by atoms with Gasteiger partial charge in [-0.2, -0.15) is 0 Å². The summed E-state index contributed by atoms with van der Waals surface area (Å²) in [6.45, 7) is 14.0. The smallest absolute Gasteiger partial charge is 0.172 e. The Morgan fingerprint density at radius 2 is 0.500 bits per heavy atom. The third kappa shape index (κ3) is 10.2. The molecule has 0 saturated carbocycles. The molecule has 126 heavy (non-hydrogen) atoms. The monoisotopic (exact) mass is 1670 g/mol. The molecule has 21 aromatic rings. The molecule has 0 radical (unpaired) electrons. The Morgan fingerprint density at radius 3 is 0.952 bits per heavy atom. The molecular formula is C117H84N3O3P3. The quantitative estimate of drug-likeness (QED) is 0.156. The van der Waals surface area contributed by atoms with Gasteiger partial charge in [-0.15, -0.1) is 0 Å². The first-order valence-electron chi connectivity index (χ1n) is 43.7. The summed E-state index contributed by atoms with van der Waals surface area (Å²) in [7, 11) is -9.07. The van der Waals surface area contributed by atoms with Crippen LogP contribution in [0.3, 0.4) is 0 Å². The molecule has 3 aromatic heterocycles. The number of fused-ring (bicyclic) bond motifs is 27. The van der Waals surface area contributed by atoms with Crippen molar-refractivity contribution in [3.05, 3.63) is 434 Å². The highest BCUT2D eigenvalue weighted by Gasteiger charge is 2.46. The first kappa shape index (κ1) is 74.7. The van der Waals surface area contributed by atoms with Gasteiger partial charge in [0, 0.05) is 113 Å². The largest absolute Gasteiger partial charge is 0.309 e. The average molecular weight is 1670 g/mol. The van der Waals surface area contributed by atoms with Crippen molar-refractivity contribution in [2.24, 2.45) is 0 Å². The Kier molecular flexibility index (Phi) is 16.0. The third-order valence-electron chi connectivity index (χ3n) is 28.8. The van der Waals surface area contributed by atoms with E-state index < -0.39 is 21.4 Å². The molecule has 0 spiro atoms. The number of hydrogen-bond donors (Lipinski definition) is 0. The molecule has 0 fully saturated rings. The topological polar surface area (TPSA) is 66.0 Å². The molecule has 9 heteroatoms. The van der Waals surface area contributed by atoms with Crippen molar-refractivity contribution in [3.63, 3.8) is 0 Å². The molecule has 6 aliphatic rings. The lowest BCUT2D eigenvalue weighted by molar-refractivity contribution is 0.592. The van der Waals surface area contributed by atoms with Gasteiger partial charge in [-0.1, -0.05) is 357 Å². The van der Waals surface area contributed by atoms with E-state index in [2.05, 4.69) is 346 Å². The maximum Gasteiger partial charge on any atom is 0.172 e. The summed E-state index contributed by atoms with van der Waals surface area (Å²) in [5, 5.41) is 15.2. The van der Waals surface area contributed by atoms with Gasteiger partial charge < -0.3 is 27.4 Å². The summed E-state index contributed by atoms with van der Waals surface area (Å²) in [6, 6.07) is 141. The van der Waals surface area contributed by atoms with Crippen LogP contribution in [0.15, 0.2) is 400 Å². The van der Waals surface area contributed by atoms with E-state index in [0.717, 1.165) is 142 Å². The lowest BCUT2D eigenvalue weighted by Gasteiger charge is -2.22. The molecule has 6 heterocycles. The zero-order chi connectivity index (χ0) is 84.6. The highest BCUT2D eigenvalue weighted by atomic mass is 31.2. The van der Waals surface area contributed by atoms with Crippen LogP contribution in [0.5, 0.6) is 0 Å². The summed E-state index contributed by atoms with van der Waals surface area (Å²) in [5.41, 5.74) is 32.7. The molecule has 0 saturated heterocycles. The van der Waals surface area contributed by atoms with Crippen molar-refractivity contribution in [1.29, 1.82) is 0 Å². The minimum Gasteiger partial charge on any atom is -0.309 e. The SMILES string of the molecule is CC1(C)c2ccccc2-c2c(-n3c4ccccc4c4cc5c(cc43)-c3ccccc3P5(=O)c3ccccc3)cccc21.CC1(C)c2ccccc2-c2cc(-n3c4ccccc4c4cc5c(cc43)-c3ccccc3P5(=O)c3ccccc3)ccc21.CC1(C)c2ccccc2-c2ccc(-n3c4ccccc4c4cc5c(cc43)-c3ccccc3P5(=O)c3ccccc3)cc21. The molecule has 27 rings (SSSR count). The van der Waals surface area contributed by atoms with Crippen molar-refractivity contribution in [2.45, 2.75) is 57.8 Å². The first-order chi connectivity index (χ1) is 61.4. The fraction of sp³-hybridized carbons (Fsp3) is 0.0769. The maximum absolute atomic E-state index is 15.3. The Labute approximate surface area is 732 Å². The van der Waals surface area contributed by atoms with Crippen LogP contribution in [0.25, 0.3) is 149 Å². The fourth-order valence-corrected chi connectivity index (χ4v) is 32.1. The highest BCUT2D eigenvalue weighted by Crippen LogP contribution is 2.60. The molecule has 0 bridgehead atoms. The second-order valence-electron chi connectivity index (χ2n) is 36.3. The van der Waals surface area contributed by atoms with Gasteiger partial charge in [0.15, 0.2) is 21.4 Å². The van der Waals surface area contributed by atoms with E-state index in [0.29, 0.717) is 0 Å². The van der Waals surface area contributed by atoms with Gasteiger partial charge in [0.2, 0.25) is 0 Å². The van der Waals surface area contributed by atoms with Crippen molar-refractivity contribution in [1.82, 2.24) is 13.7 Å². The van der Waals surface area contributed by atoms with E-state index in [1.165, 1.54) is 88.6 Å². The van der Waals surface area contributed by atoms with Crippen LogP contribution in [-0.2, 0) is 29.9 Å². The van der Waals surface area contributed by atoms with E-state index in [4.69, 9.17) is 0 Å². The molecule has 3 aliphatic heterocycles. The first-order valence-corrected chi connectivity index (χ1v) is 48.8. The molecule has 18 aromatic carbocycles. The van der Waals surface area contributed by atoms with Crippen molar-refractivity contribution >= 4 is 135 Å². The lowest BCUT2D eigenvalue weighted by Crippen LogP contribution is -2.20. The number of aromatic nitrogens is 3. The van der Waals surface area contributed by atoms with Crippen molar-refractivity contribution < 1.29 is 13.7 Å². The highest BCUT2D eigenvalue weighted by molar-refractivity contribution is 7.87. The van der Waals surface area contributed by atoms with E-state index >= 15 is 13.7 Å². The normalized spacial score (nSPS) is 17.7. The summed E-state index contributed by atoms with van der Waals surface area (Å²) < 4.78 is 52.9. The van der Waals surface area contributed by atoms with E-state index in [9.17, 15) is 0 Å². The minimum atomic E-state index is -3.03. The molecule has 0 N–H and O–H groups in total. The van der Waals surface area contributed by atoms with Crippen LogP contribution < -0.4 is 47.7 Å². The van der Waals surface area contributed by atoms with Crippen LogP contribution in [0.4, 0.5) is 0 Å². The van der Waals surface area contributed by atoms with Gasteiger partial charge in [0.05, 0.1) is 38.8 Å². The summed E-state index contributed by atoms with van der Waals surface area (Å²) >= 11 is 0. The number of nitrogens with zero attached hydrogens (tertiary/aromatic N) is 3. The predicted molar refractivity (Wildman–Crippen MR) is 530 cm³/mol. The van der Waals surface area contributed by atoms with Gasteiger partial charge in [0.25, 0.3) is 0 Å². The Morgan fingerprint density at radius 1 is 0.190 bits per heavy atom. The van der Waals surface area contributed by atoms with E-state index in [1.54, 1.807) is 0 Å². The Bertz CT molecular complexity index is 8490. The minimum absolute atomic E-state index is 0.0333. The zero-order valence-corrected chi connectivity index (χ0v) is 73.2. The van der Waals surface area contributed by atoms with Crippen LogP contribution in [-0.4, -0.2) is 13.7 Å². The molecule has 3 unspecified atom stereocenters. The van der Waals surface area contributed by atoms with Crippen LogP contribution in [0.1, 0.15) is 74.9 Å². The van der Waals surface area contributed by atoms with Crippen LogP contribution >= 0.6 is 21.4 Å². The number of benzene rings is 18. The van der Waals surface area contributed by atoms with Gasteiger partial charge in [-0.05, 0) is 180 Å². The predicted octanol–water partition coefficient (Wildman–Crippen LogP) is 26.1. The number of rotatable bonds is 6. The van der Waals surface area contributed by atoms with Crippen LogP contribution in [0, 0.1) is 0 Å². The zero-order valence-electron chi connectivity index (χ0n) is 70.5. The summed E-state index contributed by atoms with van der Waals surface area (Å²) in [6.07, 6.45) is 0. The van der Waals surface area contributed by atoms with Gasteiger partial charge in [-0.25, -0.2) is 0 Å². The number of para-hydroxylation sites is 3. The van der Waals surface area contributed by atoms with Gasteiger partial charge in [0.1, 0.15) is 0 Å². The van der Waals surface area contributed by atoms with E-state index in [1.807, 2.05) is 109 Å². The second kappa shape index (κ2) is 27.0. The molecule has 6 nitrogen and oxygen atoms in total. The van der Waals surface area contributed by atoms with Crippen molar-refractivity contribution in [3.8, 4) is 83.8 Å². The fourth-order valence-electron chi connectivity index (χ4n) is 22.9. The third-order valence-corrected chi connectivity index (χ3v) is 38.3. The molecule has 3 atom stereocenters.